The van der Waals surface area contributed by atoms with Gasteiger partial charge in [-0.2, -0.15) is 0 Å². The number of piperidine rings is 1. The molecule has 0 atom stereocenters. The average Bonchev–Trinajstić information content (AvgIpc) is 1.86. The molecule has 1 aliphatic rings. The van der Waals surface area contributed by atoms with Gasteiger partial charge in [0, 0.05) is 18.6 Å². The van der Waals surface area contributed by atoms with Crippen LogP contribution in [0.25, 0.3) is 0 Å². The molecule has 0 bridgehead atoms. The van der Waals surface area contributed by atoms with Crippen LogP contribution in [0.3, 0.4) is 0 Å². The summed E-state index contributed by atoms with van der Waals surface area (Å²) in [6.07, 6.45) is 2.38. The third kappa shape index (κ3) is 2.33. The molecule has 64 valence electrons. The second-order valence-electron chi connectivity index (χ2n) is 4.41. The summed E-state index contributed by atoms with van der Waals surface area (Å²) in [5.74, 6) is 0. The molecule has 0 radical (unpaired) electrons. The first-order chi connectivity index (χ1) is 5.00. The summed E-state index contributed by atoms with van der Waals surface area (Å²) < 4.78 is 0. The fourth-order valence-corrected chi connectivity index (χ4v) is 1.49. The molecule has 0 aliphatic carbocycles. The van der Waals surface area contributed by atoms with Gasteiger partial charge >= 0.3 is 0 Å². The minimum atomic E-state index is 0.348. The van der Waals surface area contributed by atoms with Crippen molar-refractivity contribution in [3.63, 3.8) is 0 Å². The van der Waals surface area contributed by atoms with Crippen LogP contribution in [0.2, 0.25) is 0 Å². The standard InChI is InChI=1S/C10H19N/c1-9-5-7-11(8-6-9)10(2,3)4/h1,5-8H2,2-4H3. The van der Waals surface area contributed by atoms with Gasteiger partial charge in [-0.25, -0.2) is 0 Å². The van der Waals surface area contributed by atoms with Crippen LogP contribution >= 0.6 is 0 Å². The molecule has 0 amide bonds. The lowest BCUT2D eigenvalue weighted by Crippen LogP contribution is -2.44. The third-order valence-electron chi connectivity index (χ3n) is 2.42. The van der Waals surface area contributed by atoms with E-state index in [0.29, 0.717) is 5.54 Å². The largest absolute Gasteiger partial charge is 0.298 e. The topological polar surface area (TPSA) is 3.24 Å². The van der Waals surface area contributed by atoms with Gasteiger partial charge in [0.1, 0.15) is 0 Å². The molecule has 0 saturated carbocycles. The van der Waals surface area contributed by atoms with Crippen LogP contribution in [-0.4, -0.2) is 23.5 Å². The zero-order chi connectivity index (χ0) is 8.48. The highest BCUT2D eigenvalue weighted by Crippen LogP contribution is 2.21. The van der Waals surface area contributed by atoms with Crippen molar-refractivity contribution in [2.24, 2.45) is 0 Å². The number of hydrogen-bond donors (Lipinski definition) is 0. The van der Waals surface area contributed by atoms with Gasteiger partial charge in [-0.05, 0) is 33.6 Å². The lowest BCUT2D eigenvalue weighted by molar-refractivity contribution is 0.126. The van der Waals surface area contributed by atoms with Crippen molar-refractivity contribution >= 4 is 0 Å². The van der Waals surface area contributed by atoms with Crippen LogP contribution in [-0.2, 0) is 0 Å². The molecule has 1 saturated heterocycles. The van der Waals surface area contributed by atoms with Crippen molar-refractivity contribution in [3.05, 3.63) is 12.2 Å². The van der Waals surface area contributed by atoms with Crippen molar-refractivity contribution < 1.29 is 0 Å². The summed E-state index contributed by atoms with van der Waals surface area (Å²) >= 11 is 0. The van der Waals surface area contributed by atoms with E-state index >= 15 is 0 Å². The van der Waals surface area contributed by atoms with E-state index in [2.05, 4.69) is 32.3 Å². The highest BCUT2D eigenvalue weighted by Gasteiger charge is 2.23. The highest BCUT2D eigenvalue weighted by atomic mass is 15.2. The molecule has 1 heteroatoms. The van der Waals surface area contributed by atoms with Gasteiger partial charge in [0.2, 0.25) is 0 Å². The maximum atomic E-state index is 4.00. The van der Waals surface area contributed by atoms with E-state index in [1.165, 1.54) is 31.5 Å². The van der Waals surface area contributed by atoms with E-state index < -0.39 is 0 Å². The Morgan fingerprint density at radius 2 is 1.64 bits per heavy atom. The monoisotopic (exact) mass is 153 g/mol. The minimum absolute atomic E-state index is 0.348. The molecule has 0 aromatic heterocycles. The van der Waals surface area contributed by atoms with Gasteiger partial charge in [0.05, 0.1) is 0 Å². The maximum Gasteiger partial charge on any atom is 0.0125 e. The predicted molar refractivity (Wildman–Crippen MR) is 49.7 cm³/mol. The second kappa shape index (κ2) is 2.98. The van der Waals surface area contributed by atoms with Crippen molar-refractivity contribution in [2.45, 2.75) is 39.2 Å². The lowest BCUT2D eigenvalue weighted by Gasteiger charge is -2.38. The van der Waals surface area contributed by atoms with Crippen LogP contribution in [0.15, 0.2) is 12.2 Å². The fourth-order valence-electron chi connectivity index (χ4n) is 1.49. The first kappa shape index (κ1) is 8.79. The van der Waals surface area contributed by atoms with Crippen molar-refractivity contribution in [1.29, 1.82) is 0 Å². The van der Waals surface area contributed by atoms with E-state index in [9.17, 15) is 0 Å². The Balaban J connectivity index is 2.45. The van der Waals surface area contributed by atoms with E-state index in [4.69, 9.17) is 0 Å². The van der Waals surface area contributed by atoms with Crippen molar-refractivity contribution in [2.75, 3.05) is 13.1 Å². The SMILES string of the molecule is C=C1CCN(C(C)(C)C)CC1. The smallest absolute Gasteiger partial charge is 0.0125 e. The van der Waals surface area contributed by atoms with E-state index in [-0.39, 0.29) is 0 Å². The van der Waals surface area contributed by atoms with Gasteiger partial charge in [0.15, 0.2) is 0 Å². The zero-order valence-electron chi connectivity index (χ0n) is 7.98. The quantitative estimate of drug-likeness (QED) is 0.483. The van der Waals surface area contributed by atoms with E-state index in [1.54, 1.807) is 0 Å². The van der Waals surface area contributed by atoms with Gasteiger partial charge in [-0.3, -0.25) is 4.90 Å². The fraction of sp³-hybridized carbons (Fsp3) is 0.800. The van der Waals surface area contributed by atoms with Gasteiger partial charge in [0.25, 0.3) is 0 Å². The van der Waals surface area contributed by atoms with Crippen molar-refractivity contribution in [1.82, 2.24) is 4.90 Å². The molecular formula is C10H19N. The first-order valence-electron chi connectivity index (χ1n) is 4.42. The molecule has 1 nitrogen and oxygen atoms in total. The summed E-state index contributed by atoms with van der Waals surface area (Å²) in [5.41, 5.74) is 1.77. The molecule has 1 rings (SSSR count). The Kier molecular flexibility index (Phi) is 2.38. The summed E-state index contributed by atoms with van der Waals surface area (Å²) in [7, 11) is 0. The number of rotatable bonds is 0. The maximum absolute atomic E-state index is 4.00. The Bertz CT molecular complexity index is 143. The number of hydrogen-bond acceptors (Lipinski definition) is 1. The van der Waals surface area contributed by atoms with Crippen LogP contribution in [0, 0.1) is 0 Å². The predicted octanol–water partition coefficient (Wildman–Crippen LogP) is 2.44. The first-order valence-corrected chi connectivity index (χ1v) is 4.42. The van der Waals surface area contributed by atoms with Crippen LogP contribution in [0.5, 0.6) is 0 Å². The summed E-state index contributed by atoms with van der Waals surface area (Å²) in [6, 6.07) is 0. The molecule has 0 spiro atoms. The second-order valence-corrected chi connectivity index (χ2v) is 4.41. The van der Waals surface area contributed by atoms with E-state index in [0.717, 1.165) is 0 Å². The van der Waals surface area contributed by atoms with Crippen LogP contribution < -0.4 is 0 Å². The van der Waals surface area contributed by atoms with Crippen LogP contribution in [0.1, 0.15) is 33.6 Å². The normalized spacial score (nSPS) is 22.3. The zero-order valence-corrected chi connectivity index (χ0v) is 7.98. The molecule has 1 heterocycles. The number of likely N-dealkylation sites (tertiary alicyclic amines) is 1. The molecule has 0 N–H and O–H groups in total. The molecule has 11 heavy (non-hydrogen) atoms. The van der Waals surface area contributed by atoms with Gasteiger partial charge in [-0.1, -0.05) is 12.2 Å². The Hall–Kier alpha value is -0.300. The van der Waals surface area contributed by atoms with Crippen molar-refractivity contribution in [3.8, 4) is 0 Å². The summed E-state index contributed by atoms with van der Waals surface area (Å²) in [6.45, 7) is 13.2. The summed E-state index contributed by atoms with van der Waals surface area (Å²) in [5, 5.41) is 0. The van der Waals surface area contributed by atoms with Gasteiger partial charge in [-0.15, -0.1) is 0 Å². The molecule has 1 fully saturated rings. The van der Waals surface area contributed by atoms with E-state index in [1.807, 2.05) is 0 Å². The minimum Gasteiger partial charge on any atom is -0.298 e. The Morgan fingerprint density at radius 3 is 2.00 bits per heavy atom. The Labute approximate surface area is 70.1 Å². The molecule has 1 aliphatic heterocycles. The Morgan fingerprint density at radius 1 is 1.18 bits per heavy atom. The van der Waals surface area contributed by atoms with Crippen LogP contribution in [0.4, 0.5) is 0 Å². The van der Waals surface area contributed by atoms with Gasteiger partial charge < -0.3 is 0 Å². The highest BCUT2D eigenvalue weighted by molar-refractivity contribution is 5.00. The lowest BCUT2D eigenvalue weighted by atomic mass is 9.99. The molecule has 0 aromatic carbocycles. The average molecular weight is 153 g/mol. The third-order valence-corrected chi connectivity index (χ3v) is 2.42. The number of nitrogens with zero attached hydrogens (tertiary/aromatic N) is 1. The molecule has 0 aromatic rings. The summed E-state index contributed by atoms with van der Waals surface area (Å²) in [4.78, 5) is 2.53. The molecular weight excluding hydrogens is 134 g/mol. The molecule has 0 unspecified atom stereocenters.